The molecule has 0 aliphatic carbocycles. The first-order chi connectivity index (χ1) is 8.75. The van der Waals surface area contributed by atoms with Crippen molar-refractivity contribution in [2.24, 2.45) is 0 Å². The molecule has 0 aliphatic rings. The van der Waals surface area contributed by atoms with Crippen molar-refractivity contribution in [1.29, 1.82) is 0 Å². The molecular formula is C15H21N3. The Hall–Kier alpha value is -1.61. The van der Waals surface area contributed by atoms with Crippen molar-refractivity contribution in [2.75, 3.05) is 6.54 Å². The zero-order valence-corrected chi connectivity index (χ0v) is 11.1. The Morgan fingerprint density at radius 1 is 1.22 bits per heavy atom. The predicted octanol–water partition coefficient (Wildman–Crippen LogP) is 2.87. The number of rotatable bonds is 6. The van der Waals surface area contributed by atoms with E-state index in [9.17, 15) is 0 Å². The van der Waals surface area contributed by atoms with Gasteiger partial charge in [-0.25, -0.2) is 4.98 Å². The second-order valence-corrected chi connectivity index (χ2v) is 4.90. The van der Waals surface area contributed by atoms with Crippen molar-refractivity contribution < 1.29 is 0 Å². The molecule has 0 atom stereocenters. The van der Waals surface area contributed by atoms with Crippen molar-refractivity contribution in [3.8, 4) is 0 Å². The van der Waals surface area contributed by atoms with E-state index >= 15 is 0 Å². The molecule has 0 amide bonds. The molecule has 0 saturated heterocycles. The third kappa shape index (κ3) is 3.70. The van der Waals surface area contributed by atoms with Crippen LogP contribution in [0.4, 0.5) is 0 Å². The smallest absolute Gasteiger partial charge is 0.0921 e. The Bertz CT molecular complexity index is 443. The van der Waals surface area contributed by atoms with E-state index in [2.05, 4.69) is 53.4 Å². The van der Waals surface area contributed by atoms with E-state index in [-0.39, 0.29) is 0 Å². The summed E-state index contributed by atoms with van der Waals surface area (Å²) < 4.78 is 0. The molecule has 0 saturated carbocycles. The van der Waals surface area contributed by atoms with E-state index < -0.39 is 0 Å². The SMILES string of the molecule is CC(C)c1ccc(CNCCc2cnc[nH]2)cc1. The number of nitrogens with zero attached hydrogens (tertiary/aromatic N) is 1. The third-order valence-corrected chi connectivity index (χ3v) is 3.10. The summed E-state index contributed by atoms with van der Waals surface area (Å²) in [5, 5.41) is 3.44. The van der Waals surface area contributed by atoms with Gasteiger partial charge >= 0.3 is 0 Å². The van der Waals surface area contributed by atoms with Crippen LogP contribution in [0.5, 0.6) is 0 Å². The lowest BCUT2D eigenvalue weighted by molar-refractivity contribution is 0.681. The quantitative estimate of drug-likeness (QED) is 0.766. The standard InChI is InChI=1S/C15H21N3/c1-12(2)14-5-3-13(4-6-14)9-16-8-7-15-10-17-11-18-15/h3-6,10-12,16H,7-9H2,1-2H3,(H,17,18). The number of imidazole rings is 1. The molecule has 96 valence electrons. The molecule has 3 heteroatoms. The Balaban J connectivity index is 1.73. The zero-order chi connectivity index (χ0) is 12.8. The minimum atomic E-state index is 0.604. The number of aromatic nitrogens is 2. The predicted molar refractivity (Wildman–Crippen MR) is 74.5 cm³/mol. The van der Waals surface area contributed by atoms with Crippen LogP contribution in [0.25, 0.3) is 0 Å². The molecule has 2 N–H and O–H groups in total. The average Bonchev–Trinajstić information content (AvgIpc) is 2.88. The molecule has 1 heterocycles. The minimum Gasteiger partial charge on any atom is -0.348 e. The minimum absolute atomic E-state index is 0.604. The lowest BCUT2D eigenvalue weighted by Crippen LogP contribution is -2.16. The summed E-state index contributed by atoms with van der Waals surface area (Å²) in [5.74, 6) is 0.604. The fraction of sp³-hybridized carbons (Fsp3) is 0.400. The van der Waals surface area contributed by atoms with Gasteiger partial charge in [-0.1, -0.05) is 38.1 Å². The maximum absolute atomic E-state index is 4.00. The fourth-order valence-corrected chi connectivity index (χ4v) is 1.90. The number of hydrogen-bond acceptors (Lipinski definition) is 2. The van der Waals surface area contributed by atoms with E-state index in [1.807, 2.05) is 6.20 Å². The van der Waals surface area contributed by atoms with Crippen LogP contribution in [-0.2, 0) is 13.0 Å². The van der Waals surface area contributed by atoms with Crippen LogP contribution in [0.15, 0.2) is 36.8 Å². The first kappa shape index (κ1) is 12.8. The lowest BCUT2D eigenvalue weighted by Gasteiger charge is -2.07. The van der Waals surface area contributed by atoms with E-state index in [4.69, 9.17) is 0 Å². The van der Waals surface area contributed by atoms with Crippen molar-refractivity contribution in [2.45, 2.75) is 32.7 Å². The molecule has 0 unspecified atom stereocenters. The molecule has 0 spiro atoms. The molecule has 0 radical (unpaired) electrons. The summed E-state index contributed by atoms with van der Waals surface area (Å²) in [6.45, 7) is 6.33. The zero-order valence-electron chi connectivity index (χ0n) is 11.1. The highest BCUT2D eigenvalue weighted by Crippen LogP contribution is 2.14. The number of benzene rings is 1. The van der Waals surface area contributed by atoms with Crippen LogP contribution < -0.4 is 5.32 Å². The number of hydrogen-bond donors (Lipinski definition) is 2. The van der Waals surface area contributed by atoms with Gasteiger partial charge in [-0.3, -0.25) is 0 Å². The summed E-state index contributed by atoms with van der Waals surface area (Å²) in [6.07, 6.45) is 4.59. The first-order valence-electron chi connectivity index (χ1n) is 6.52. The normalized spacial score (nSPS) is 11.1. The molecule has 1 aromatic carbocycles. The molecule has 0 aliphatic heterocycles. The van der Waals surface area contributed by atoms with Gasteiger partial charge in [-0.2, -0.15) is 0 Å². The van der Waals surface area contributed by atoms with E-state index in [1.54, 1.807) is 6.33 Å². The third-order valence-electron chi connectivity index (χ3n) is 3.10. The van der Waals surface area contributed by atoms with Crippen molar-refractivity contribution in [3.63, 3.8) is 0 Å². The lowest BCUT2D eigenvalue weighted by atomic mass is 10.0. The molecule has 2 aromatic rings. The summed E-state index contributed by atoms with van der Waals surface area (Å²) in [7, 11) is 0. The topological polar surface area (TPSA) is 40.7 Å². The van der Waals surface area contributed by atoms with Crippen LogP contribution in [0.1, 0.15) is 36.6 Å². The molecule has 0 bridgehead atoms. The van der Waals surface area contributed by atoms with Gasteiger partial charge in [0.05, 0.1) is 6.33 Å². The van der Waals surface area contributed by atoms with E-state index in [0.717, 1.165) is 19.5 Å². The van der Waals surface area contributed by atoms with Gasteiger partial charge in [0, 0.05) is 31.4 Å². The van der Waals surface area contributed by atoms with Gasteiger partial charge in [0.1, 0.15) is 0 Å². The van der Waals surface area contributed by atoms with Crippen LogP contribution in [0.2, 0.25) is 0 Å². The second-order valence-electron chi connectivity index (χ2n) is 4.90. The van der Waals surface area contributed by atoms with E-state index in [0.29, 0.717) is 5.92 Å². The first-order valence-corrected chi connectivity index (χ1v) is 6.52. The number of H-pyrrole nitrogens is 1. The highest BCUT2D eigenvalue weighted by Gasteiger charge is 1.99. The van der Waals surface area contributed by atoms with Crippen molar-refractivity contribution >= 4 is 0 Å². The number of aromatic amines is 1. The Kier molecular flexibility index (Phi) is 4.53. The molecular weight excluding hydrogens is 222 g/mol. The highest BCUT2D eigenvalue weighted by molar-refractivity contribution is 5.24. The summed E-state index contributed by atoms with van der Waals surface area (Å²) >= 11 is 0. The second kappa shape index (κ2) is 6.36. The molecule has 2 rings (SSSR count). The highest BCUT2D eigenvalue weighted by atomic mass is 14.9. The molecule has 18 heavy (non-hydrogen) atoms. The van der Waals surface area contributed by atoms with Gasteiger partial charge in [-0.05, 0) is 17.0 Å². The van der Waals surface area contributed by atoms with Crippen LogP contribution in [0, 0.1) is 0 Å². The fourth-order valence-electron chi connectivity index (χ4n) is 1.90. The maximum atomic E-state index is 4.00. The Morgan fingerprint density at radius 3 is 2.61 bits per heavy atom. The molecule has 1 aromatic heterocycles. The maximum Gasteiger partial charge on any atom is 0.0921 e. The van der Waals surface area contributed by atoms with Gasteiger partial charge < -0.3 is 10.3 Å². The van der Waals surface area contributed by atoms with Gasteiger partial charge in [0.15, 0.2) is 0 Å². The van der Waals surface area contributed by atoms with E-state index in [1.165, 1.54) is 16.8 Å². The van der Waals surface area contributed by atoms with Gasteiger partial charge in [0.2, 0.25) is 0 Å². The Morgan fingerprint density at radius 2 is 2.00 bits per heavy atom. The average molecular weight is 243 g/mol. The van der Waals surface area contributed by atoms with Crippen LogP contribution >= 0.6 is 0 Å². The van der Waals surface area contributed by atoms with Gasteiger partial charge in [0.25, 0.3) is 0 Å². The van der Waals surface area contributed by atoms with Crippen molar-refractivity contribution in [1.82, 2.24) is 15.3 Å². The molecule has 0 fully saturated rings. The number of nitrogens with one attached hydrogen (secondary N) is 2. The summed E-state index contributed by atoms with van der Waals surface area (Å²) in [5.41, 5.74) is 3.91. The Labute approximate surface area is 109 Å². The van der Waals surface area contributed by atoms with Gasteiger partial charge in [-0.15, -0.1) is 0 Å². The monoisotopic (exact) mass is 243 g/mol. The molecule has 3 nitrogen and oxygen atoms in total. The largest absolute Gasteiger partial charge is 0.348 e. The van der Waals surface area contributed by atoms with Crippen molar-refractivity contribution in [3.05, 3.63) is 53.6 Å². The van der Waals surface area contributed by atoms with Crippen LogP contribution in [0.3, 0.4) is 0 Å². The summed E-state index contributed by atoms with van der Waals surface area (Å²) in [4.78, 5) is 7.11. The van der Waals surface area contributed by atoms with Crippen LogP contribution in [-0.4, -0.2) is 16.5 Å². The summed E-state index contributed by atoms with van der Waals surface area (Å²) in [6, 6.07) is 8.85.